The van der Waals surface area contributed by atoms with Gasteiger partial charge in [-0.3, -0.25) is 34.1 Å². The topological polar surface area (TPSA) is 200 Å². The van der Waals surface area contributed by atoms with Crippen LogP contribution in [0.3, 0.4) is 0 Å². The maximum absolute atomic E-state index is 13.5. The van der Waals surface area contributed by atoms with Crippen molar-refractivity contribution in [3.05, 3.63) is 70.3 Å². The lowest BCUT2D eigenvalue weighted by Gasteiger charge is -2.29. The molecule has 2 aromatic rings. The third kappa shape index (κ3) is 10.1. The molecule has 1 aliphatic heterocycles. The van der Waals surface area contributed by atoms with E-state index >= 15 is 0 Å². The minimum Gasteiger partial charge on any atom is -0.481 e. The van der Waals surface area contributed by atoms with Gasteiger partial charge in [0.05, 0.1) is 17.4 Å². The molecule has 1 heterocycles. The summed E-state index contributed by atoms with van der Waals surface area (Å²) < 4.78 is 0. The van der Waals surface area contributed by atoms with Gasteiger partial charge >= 0.3 is 5.97 Å². The van der Waals surface area contributed by atoms with E-state index in [1.165, 1.54) is 30.9 Å². The lowest BCUT2D eigenvalue weighted by molar-refractivity contribution is -0.384. The van der Waals surface area contributed by atoms with Gasteiger partial charge in [0.15, 0.2) is 0 Å². The molecule has 1 fully saturated rings. The number of nitro groups is 1. The molecular formula is C30H38N6O8. The van der Waals surface area contributed by atoms with Gasteiger partial charge in [-0.15, -0.1) is 0 Å². The molecule has 1 saturated heterocycles. The van der Waals surface area contributed by atoms with E-state index in [1.54, 1.807) is 12.1 Å². The quantitative estimate of drug-likeness (QED) is 0.147. The molecule has 14 nitrogen and oxygen atoms in total. The van der Waals surface area contributed by atoms with Crippen LogP contribution in [0.4, 0.5) is 11.4 Å². The minimum absolute atomic E-state index is 0.0314. The predicted octanol–water partition coefficient (Wildman–Crippen LogP) is 1.60. The standard InChI is InChI=1S/C30H38N6O8/c1-19(32-26(37)14-15-27(38)39)28(40)33-20(2)30(42)35-16-6-9-25(35)29(41)34-23(17-21-7-4-3-5-8-21)18-31-22-10-12-24(13-11-22)36(43)44/h3-5,7-8,10-13,19-20,23,25,31H,6,9,14-18H2,1-2H3,(H,32,37)(H,33,40)(H,34,41)(H,38,39). The number of carbonyl (C=O) groups is 5. The fourth-order valence-corrected chi connectivity index (χ4v) is 4.86. The van der Waals surface area contributed by atoms with Crippen molar-refractivity contribution in [1.82, 2.24) is 20.9 Å². The van der Waals surface area contributed by atoms with Crippen molar-refractivity contribution < 1.29 is 34.0 Å². The average Bonchev–Trinajstić information content (AvgIpc) is 3.49. The van der Waals surface area contributed by atoms with Crippen molar-refractivity contribution in [2.24, 2.45) is 0 Å². The summed E-state index contributed by atoms with van der Waals surface area (Å²) in [6, 6.07) is 12.4. The Bertz CT molecular complexity index is 1340. The Balaban J connectivity index is 1.61. The van der Waals surface area contributed by atoms with Gasteiger partial charge in [-0.1, -0.05) is 30.3 Å². The molecule has 4 atom stereocenters. The highest BCUT2D eigenvalue weighted by atomic mass is 16.6. The largest absolute Gasteiger partial charge is 0.481 e. The number of hydrogen-bond acceptors (Lipinski definition) is 8. The molecule has 44 heavy (non-hydrogen) atoms. The third-order valence-electron chi connectivity index (χ3n) is 7.21. The second-order valence-electron chi connectivity index (χ2n) is 10.7. The lowest BCUT2D eigenvalue weighted by Crippen LogP contribution is -2.56. The molecule has 0 radical (unpaired) electrons. The van der Waals surface area contributed by atoms with Gasteiger partial charge in [0.1, 0.15) is 18.1 Å². The Morgan fingerprint density at radius 1 is 0.955 bits per heavy atom. The second-order valence-corrected chi connectivity index (χ2v) is 10.7. The zero-order valence-corrected chi connectivity index (χ0v) is 24.7. The number of nitrogens with zero attached hydrogens (tertiary/aromatic N) is 2. The highest BCUT2D eigenvalue weighted by Crippen LogP contribution is 2.20. The fourth-order valence-electron chi connectivity index (χ4n) is 4.86. The van der Waals surface area contributed by atoms with Gasteiger partial charge in [-0.25, -0.2) is 0 Å². The monoisotopic (exact) mass is 610 g/mol. The molecular weight excluding hydrogens is 572 g/mol. The Labute approximate surface area is 254 Å². The lowest BCUT2D eigenvalue weighted by atomic mass is 10.0. The Hall–Kier alpha value is -5.01. The average molecular weight is 611 g/mol. The Kier molecular flexibility index (Phi) is 12.2. The van der Waals surface area contributed by atoms with Gasteiger partial charge < -0.3 is 31.3 Å². The van der Waals surface area contributed by atoms with Crippen LogP contribution in [0, 0.1) is 10.1 Å². The molecule has 3 rings (SSSR count). The van der Waals surface area contributed by atoms with Crippen LogP contribution in [-0.4, -0.2) is 81.8 Å². The number of nitro benzene ring substituents is 1. The van der Waals surface area contributed by atoms with Crippen LogP contribution in [0.25, 0.3) is 0 Å². The van der Waals surface area contributed by atoms with Crippen LogP contribution >= 0.6 is 0 Å². The maximum Gasteiger partial charge on any atom is 0.303 e. The number of carboxylic acid groups (broad SMARTS) is 1. The van der Waals surface area contributed by atoms with E-state index in [-0.39, 0.29) is 30.5 Å². The van der Waals surface area contributed by atoms with Crippen LogP contribution in [0.2, 0.25) is 0 Å². The van der Waals surface area contributed by atoms with E-state index < -0.39 is 46.7 Å². The summed E-state index contributed by atoms with van der Waals surface area (Å²) in [5.74, 6) is -3.12. The number of carboxylic acids is 1. The smallest absolute Gasteiger partial charge is 0.303 e. The van der Waals surface area contributed by atoms with E-state index in [1.807, 2.05) is 30.3 Å². The van der Waals surface area contributed by atoms with E-state index in [4.69, 9.17) is 5.11 Å². The van der Waals surface area contributed by atoms with E-state index in [9.17, 15) is 34.1 Å². The zero-order valence-electron chi connectivity index (χ0n) is 24.7. The van der Waals surface area contributed by atoms with Gasteiger partial charge in [-0.2, -0.15) is 0 Å². The van der Waals surface area contributed by atoms with Crippen molar-refractivity contribution in [3.63, 3.8) is 0 Å². The van der Waals surface area contributed by atoms with Crippen LogP contribution in [0.5, 0.6) is 0 Å². The first-order chi connectivity index (χ1) is 20.9. The maximum atomic E-state index is 13.5. The number of hydrogen-bond donors (Lipinski definition) is 5. The Morgan fingerprint density at radius 2 is 1.64 bits per heavy atom. The first kappa shape index (κ1) is 33.5. The number of non-ortho nitro benzene ring substituents is 1. The van der Waals surface area contributed by atoms with Gasteiger partial charge in [0, 0.05) is 37.3 Å². The van der Waals surface area contributed by atoms with E-state index in [0.717, 1.165) is 5.56 Å². The van der Waals surface area contributed by atoms with Crippen LogP contribution < -0.4 is 21.3 Å². The number of benzene rings is 2. The SMILES string of the molecule is CC(NC(=O)CCC(=O)O)C(=O)NC(C)C(=O)N1CCCC1C(=O)NC(CNc1ccc([N+](=O)[O-])cc1)Cc1ccccc1. The molecule has 2 aromatic carbocycles. The van der Waals surface area contributed by atoms with E-state index in [2.05, 4.69) is 21.3 Å². The van der Waals surface area contributed by atoms with Crippen molar-refractivity contribution in [2.75, 3.05) is 18.4 Å². The summed E-state index contributed by atoms with van der Waals surface area (Å²) >= 11 is 0. The summed E-state index contributed by atoms with van der Waals surface area (Å²) in [6.45, 7) is 3.58. The minimum atomic E-state index is -1.13. The first-order valence-corrected chi connectivity index (χ1v) is 14.4. The Morgan fingerprint density at radius 3 is 2.27 bits per heavy atom. The van der Waals surface area contributed by atoms with Gasteiger partial charge in [-0.05, 0) is 50.8 Å². The third-order valence-corrected chi connectivity index (χ3v) is 7.21. The normalized spacial score (nSPS) is 16.2. The molecule has 14 heteroatoms. The number of amides is 4. The zero-order chi connectivity index (χ0) is 32.2. The van der Waals surface area contributed by atoms with Gasteiger partial charge in [0.25, 0.3) is 5.69 Å². The second kappa shape index (κ2) is 16.0. The van der Waals surface area contributed by atoms with Crippen molar-refractivity contribution >= 4 is 41.0 Å². The predicted molar refractivity (Wildman–Crippen MR) is 160 cm³/mol. The number of likely N-dealkylation sites (tertiary alicyclic amines) is 1. The summed E-state index contributed by atoms with van der Waals surface area (Å²) in [6.07, 6.45) is 0.899. The molecule has 4 amide bonds. The highest BCUT2D eigenvalue weighted by Gasteiger charge is 2.37. The van der Waals surface area contributed by atoms with Crippen molar-refractivity contribution in [1.29, 1.82) is 0 Å². The molecule has 5 N–H and O–H groups in total. The number of aliphatic carboxylic acids is 1. The summed E-state index contributed by atoms with van der Waals surface area (Å²) in [4.78, 5) is 73.8. The van der Waals surface area contributed by atoms with E-state index in [0.29, 0.717) is 38.0 Å². The number of nitrogens with one attached hydrogen (secondary N) is 4. The van der Waals surface area contributed by atoms with Gasteiger partial charge in [0.2, 0.25) is 23.6 Å². The molecule has 1 aliphatic rings. The van der Waals surface area contributed by atoms with Crippen LogP contribution in [0.15, 0.2) is 54.6 Å². The van der Waals surface area contributed by atoms with Crippen molar-refractivity contribution in [2.45, 2.75) is 70.1 Å². The van der Waals surface area contributed by atoms with Crippen LogP contribution in [-0.2, 0) is 30.4 Å². The number of anilines is 1. The molecule has 0 spiro atoms. The summed E-state index contributed by atoms with van der Waals surface area (Å²) in [5.41, 5.74) is 1.61. The number of rotatable bonds is 15. The van der Waals surface area contributed by atoms with Crippen LogP contribution in [0.1, 0.15) is 45.1 Å². The molecule has 0 bridgehead atoms. The summed E-state index contributed by atoms with van der Waals surface area (Å²) in [5, 5.41) is 30.9. The molecule has 236 valence electrons. The van der Waals surface area contributed by atoms with Crippen molar-refractivity contribution in [3.8, 4) is 0 Å². The highest BCUT2D eigenvalue weighted by molar-refractivity contribution is 5.94. The molecule has 0 aliphatic carbocycles. The molecule has 0 aromatic heterocycles. The first-order valence-electron chi connectivity index (χ1n) is 14.4. The summed E-state index contributed by atoms with van der Waals surface area (Å²) in [7, 11) is 0. The molecule has 4 unspecified atom stereocenters. The molecule has 0 saturated carbocycles. The number of carbonyl (C=O) groups excluding carboxylic acids is 4. The fraction of sp³-hybridized carbons (Fsp3) is 0.433.